The van der Waals surface area contributed by atoms with Gasteiger partial charge in [0.1, 0.15) is 6.04 Å². The number of amides is 1. The fraction of sp³-hybridized carbons (Fsp3) is 0.263. The summed E-state index contributed by atoms with van der Waals surface area (Å²) < 4.78 is 25.2. The fourth-order valence-corrected chi connectivity index (χ4v) is 3.84. The molecule has 0 aliphatic heterocycles. The molecule has 0 aliphatic carbocycles. The van der Waals surface area contributed by atoms with Gasteiger partial charge in [-0.25, -0.2) is 13.2 Å². The molecule has 0 unspecified atom stereocenters. The number of carbonyl (C=O) groups is 2. The van der Waals surface area contributed by atoms with E-state index in [0.29, 0.717) is 5.56 Å². The summed E-state index contributed by atoms with van der Waals surface area (Å²) >= 11 is 0. The highest BCUT2D eigenvalue weighted by molar-refractivity contribution is 7.90. The van der Waals surface area contributed by atoms with Crippen LogP contribution in [0.1, 0.15) is 29.8 Å². The maximum atomic E-state index is 12.6. The van der Waals surface area contributed by atoms with Gasteiger partial charge in [0.25, 0.3) is 5.91 Å². The number of benzene rings is 2. The van der Waals surface area contributed by atoms with Crippen LogP contribution in [0.5, 0.6) is 0 Å². The van der Waals surface area contributed by atoms with Gasteiger partial charge >= 0.3 is 5.97 Å². The molecular weight excluding hydrogens is 354 g/mol. The highest BCUT2D eigenvalue weighted by atomic mass is 32.2. The molecule has 0 radical (unpaired) electrons. The lowest BCUT2D eigenvalue weighted by atomic mass is 10.0. The highest BCUT2D eigenvalue weighted by Crippen LogP contribution is 2.18. The number of sulfone groups is 1. The number of carboxylic acid groups (broad SMARTS) is 1. The van der Waals surface area contributed by atoms with Gasteiger partial charge in [0.05, 0.1) is 10.6 Å². The smallest absolute Gasteiger partial charge is 0.326 e. The van der Waals surface area contributed by atoms with Crippen molar-refractivity contribution in [2.24, 2.45) is 5.92 Å². The average Bonchev–Trinajstić information content (AvgIpc) is 2.59. The first-order valence-electron chi connectivity index (χ1n) is 8.11. The highest BCUT2D eigenvalue weighted by Gasteiger charge is 2.24. The molecule has 0 fully saturated rings. The van der Waals surface area contributed by atoms with Crippen LogP contribution in [0.15, 0.2) is 59.5 Å². The molecule has 7 heteroatoms. The van der Waals surface area contributed by atoms with E-state index in [0.717, 1.165) is 0 Å². The van der Waals surface area contributed by atoms with Gasteiger partial charge in [0.2, 0.25) is 0 Å². The van der Waals surface area contributed by atoms with Crippen molar-refractivity contribution in [3.8, 4) is 0 Å². The number of rotatable bonds is 7. The average molecular weight is 375 g/mol. The van der Waals surface area contributed by atoms with Crippen LogP contribution in [0.3, 0.4) is 0 Å². The molecule has 6 nitrogen and oxygen atoms in total. The number of nitrogens with one attached hydrogen (secondary N) is 1. The van der Waals surface area contributed by atoms with E-state index in [1.807, 2.05) is 0 Å². The Kier molecular flexibility index (Phi) is 6.15. The Morgan fingerprint density at radius 3 is 2.27 bits per heavy atom. The van der Waals surface area contributed by atoms with E-state index in [1.165, 1.54) is 24.3 Å². The zero-order chi connectivity index (χ0) is 19.3. The minimum atomic E-state index is -3.63. The van der Waals surface area contributed by atoms with Crippen molar-refractivity contribution in [2.75, 3.05) is 0 Å². The van der Waals surface area contributed by atoms with Crippen molar-refractivity contribution in [2.45, 2.75) is 30.5 Å². The number of hydrogen-bond acceptors (Lipinski definition) is 4. The Balaban J connectivity index is 2.24. The Morgan fingerprint density at radius 1 is 1.04 bits per heavy atom. The normalized spacial score (nSPS) is 12.6. The maximum Gasteiger partial charge on any atom is 0.326 e. The summed E-state index contributed by atoms with van der Waals surface area (Å²) in [7, 11) is -3.63. The molecule has 2 rings (SSSR count). The van der Waals surface area contributed by atoms with Crippen LogP contribution in [0.2, 0.25) is 0 Å². The van der Waals surface area contributed by atoms with Crippen molar-refractivity contribution in [3.63, 3.8) is 0 Å². The van der Waals surface area contributed by atoms with E-state index in [-0.39, 0.29) is 22.1 Å². The summed E-state index contributed by atoms with van der Waals surface area (Å²) in [4.78, 5) is 23.6. The van der Waals surface area contributed by atoms with Crippen molar-refractivity contribution < 1.29 is 23.1 Å². The zero-order valence-corrected chi connectivity index (χ0v) is 15.4. The number of carboxylic acids is 1. The molecule has 138 valence electrons. The number of aliphatic carboxylic acids is 1. The van der Waals surface area contributed by atoms with Gasteiger partial charge in [-0.1, -0.05) is 50.2 Å². The molecule has 2 N–H and O–H groups in total. The molecule has 0 saturated heterocycles. The van der Waals surface area contributed by atoms with Crippen LogP contribution in [0.4, 0.5) is 0 Å². The van der Waals surface area contributed by atoms with Gasteiger partial charge < -0.3 is 10.4 Å². The van der Waals surface area contributed by atoms with E-state index in [2.05, 4.69) is 5.32 Å². The van der Waals surface area contributed by atoms with E-state index in [1.54, 1.807) is 44.2 Å². The molecule has 1 atom stereocenters. The van der Waals surface area contributed by atoms with Crippen molar-refractivity contribution in [3.05, 3.63) is 65.7 Å². The van der Waals surface area contributed by atoms with Crippen molar-refractivity contribution >= 4 is 21.7 Å². The first-order chi connectivity index (χ1) is 12.2. The SMILES string of the molecule is CC(C)[C@H](NC(=O)c1cccc(S(=O)(=O)Cc2ccccc2)c1)C(=O)O. The lowest BCUT2D eigenvalue weighted by Gasteiger charge is -2.18. The summed E-state index contributed by atoms with van der Waals surface area (Å²) in [5.74, 6) is -2.24. The summed E-state index contributed by atoms with van der Waals surface area (Å²) in [6.45, 7) is 3.36. The van der Waals surface area contributed by atoms with Crippen LogP contribution in [0, 0.1) is 5.92 Å². The van der Waals surface area contributed by atoms with Gasteiger partial charge in [-0.3, -0.25) is 4.79 Å². The molecule has 0 spiro atoms. The Labute approximate surface area is 152 Å². The second-order valence-corrected chi connectivity index (χ2v) is 8.30. The monoisotopic (exact) mass is 375 g/mol. The standard InChI is InChI=1S/C19H21NO5S/c1-13(2)17(19(22)23)20-18(21)15-9-6-10-16(11-15)26(24,25)12-14-7-4-3-5-8-14/h3-11,13,17H,12H2,1-2H3,(H,20,21)(H,22,23)/t17-/m0/s1. The summed E-state index contributed by atoms with van der Waals surface area (Å²) in [5, 5.41) is 11.6. The molecule has 0 bridgehead atoms. The predicted molar refractivity (Wildman–Crippen MR) is 97.5 cm³/mol. The first kappa shape index (κ1) is 19.7. The van der Waals surface area contributed by atoms with Gasteiger partial charge in [0, 0.05) is 5.56 Å². The third kappa shape index (κ3) is 4.92. The third-order valence-corrected chi connectivity index (χ3v) is 5.56. The van der Waals surface area contributed by atoms with Gasteiger partial charge in [-0.05, 0) is 29.7 Å². The Morgan fingerprint density at radius 2 is 1.69 bits per heavy atom. The first-order valence-corrected chi connectivity index (χ1v) is 9.76. The van der Waals surface area contributed by atoms with E-state index in [4.69, 9.17) is 0 Å². The van der Waals surface area contributed by atoms with Crippen LogP contribution in [-0.4, -0.2) is 31.4 Å². The number of hydrogen-bond donors (Lipinski definition) is 2. The molecule has 0 aromatic heterocycles. The number of carbonyl (C=O) groups excluding carboxylic acids is 1. The topological polar surface area (TPSA) is 101 Å². The van der Waals surface area contributed by atoms with Gasteiger partial charge in [-0.15, -0.1) is 0 Å². The summed E-state index contributed by atoms with van der Waals surface area (Å²) in [6, 6.07) is 13.3. The molecule has 0 heterocycles. The van der Waals surface area contributed by atoms with Crippen LogP contribution < -0.4 is 5.32 Å². The molecule has 1 amide bonds. The molecule has 2 aromatic carbocycles. The van der Waals surface area contributed by atoms with E-state index >= 15 is 0 Å². The largest absolute Gasteiger partial charge is 0.480 e. The van der Waals surface area contributed by atoms with Gasteiger partial charge in [0.15, 0.2) is 9.84 Å². The molecular formula is C19H21NO5S. The molecule has 0 saturated carbocycles. The summed E-state index contributed by atoms with van der Waals surface area (Å²) in [6.07, 6.45) is 0. The lowest BCUT2D eigenvalue weighted by molar-refractivity contribution is -0.140. The Bertz CT molecular complexity index is 891. The molecule has 26 heavy (non-hydrogen) atoms. The van der Waals surface area contributed by atoms with Crippen LogP contribution in [-0.2, 0) is 20.4 Å². The quantitative estimate of drug-likeness (QED) is 0.774. The van der Waals surface area contributed by atoms with Crippen molar-refractivity contribution in [1.29, 1.82) is 0 Å². The zero-order valence-electron chi connectivity index (χ0n) is 14.5. The van der Waals surface area contributed by atoms with Crippen LogP contribution in [0.25, 0.3) is 0 Å². The maximum absolute atomic E-state index is 12.6. The van der Waals surface area contributed by atoms with Crippen molar-refractivity contribution in [1.82, 2.24) is 5.32 Å². The minimum absolute atomic E-state index is 0.0189. The van der Waals surface area contributed by atoms with Crippen LogP contribution >= 0.6 is 0 Å². The predicted octanol–water partition coefficient (Wildman–Crippen LogP) is 2.50. The van der Waals surface area contributed by atoms with Gasteiger partial charge in [-0.2, -0.15) is 0 Å². The Hall–Kier alpha value is -2.67. The van der Waals surface area contributed by atoms with E-state index in [9.17, 15) is 23.1 Å². The molecule has 2 aromatic rings. The second-order valence-electron chi connectivity index (χ2n) is 6.31. The second kappa shape index (κ2) is 8.14. The minimum Gasteiger partial charge on any atom is -0.480 e. The lowest BCUT2D eigenvalue weighted by Crippen LogP contribution is -2.44. The summed E-state index contributed by atoms with van der Waals surface area (Å²) in [5.41, 5.74) is 0.749. The fourth-order valence-electron chi connectivity index (χ4n) is 2.45. The molecule has 0 aliphatic rings. The van der Waals surface area contributed by atoms with E-state index < -0.39 is 27.8 Å². The third-order valence-electron chi connectivity index (χ3n) is 3.87.